The number of hydrogen-bond donors (Lipinski definition) is 0. The number of carbonyl (C=O) groups excluding carboxylic acids is 1. The van der Waals surface area contributed by atoms with Gasteiger partial charge >= 0.3 is 0 Å². The molecule has 2 aliphatic rings. The zero-order valence-corrected chi connectivity index (χ0v) is 13.5. The van der Waals surface area contributed by atoms with Crippen LogP contribution in [0.1, 0.15) is 12.8 Å². The number of carbonyl (C=O) groups is 1. The maximum Gasteiger partial charge on any atom is 0.253 e. The number of rotatable bonds is 2. The molecule has 6 nitrogen and oxygen atoms in total. The van der Waals surface area contributed by atoms with Crippen LogP contribution >= 0.6 is 11.3 Å². The highest BCUT2D eigenvalue weighted by molar-refractivity contribution is 7.88. The van der Waals surface area contributed by atoms with E-state index in [4.69, 9.17) is 4.74 Å². The maximum atomic E-state index is 12.0. The van der Waals surface area contributed by atoms with Gasteiger partial charge in [0.2, 0.25) is 10.0 Å². The van der Waals surface area contributed by atoms with Crippen LogP contribution in [-0.2, 0) is 19.6 Å². The normalized spacial score (nSPS) is 23.7. The van der Waals surface area contributed by atoms with Crippen LogP contribution in [0.25, 0.3) is 0 Å². The molecule has 0 N–H and O–H groups in total. The van der Waals surface area contributed by atoms with E-state index in [0.717, 1.165) is 5.69 Å². The second-order valence-electron chi connectivity index (χ2n) is 5.60. The molecule has 3 heterocycles. The number of amides is 1. The molecule has 0 unspecified atom stereocenters. The third-order valence-electron chi connectivity index (χ3n) is 4.17. The smallest absolute Gasteiger partial charge is 0.253 e. The number of nitrogens with zero attached hydrogens (tertiary/aromatic N) is 2. The Balaban J connectivity index is 1.74. The predicted octanol–water partition coefficient (Wildman–Crippen LogP) is 0.906. The molecule has 116 valence electrons. The van der Waals surface area contributed by atoms with Crippen LogP contribution in [0.5, 0.6) is 0 Å². The lowest BCUT2D eigenvalue weighted by Gasteiger charge is -2.46. The van der Waals surface area contributed by atoms with Crippen LogP contribution in [0.2, 0.25) is 0 Å². The highest BCUT2D eigenvalue weighted by Crippen LogP contribution is 2.33. The molecule has 1 aromatic rings. The molecule has 0 atom stereocenters. The summed E-state index contributed by atoms with van der Waals surface area (Å²) in [6, 6.07) is 1.92. The van der Waals surface area contributed by atoms with E-state index in [1.807, 2.05) is 16.8 Å². The quantitative estimate of drug-likeness (QED) is 0.808. The first-order chi connectivity index (χ1) is 9.90. The molecule has 3 rings (SSSR count). The Morgan fingerprint density at radius 3 is 2.62 bits per heavy atom. The van der Waals surface area contributed by atoms with Crippen LogP contribution in [-0.4, -0.2) is 56.7 Å². The zero-order chi connectivity index (χ0) is 15.1. The topological polar surface area (TPSA) is 66.9 Å². The Labute approximate surface area is 128 Å². The van der Waals surface area contributed by atoms with Gasteiger partial charge in [-0.05, 0) is 24.3 Å². The Hall–Kier alpha value is -0.960. The number of ether oxygens (including phenoxy) is 1. The van der Waals surface area contributed by atoms with E-state index < -0.39 is 15.6 Å². The Morgan fingerprint density at radius 1 is 1.33 bits per heavy atom. The van der Waals surface area contributed by atoms with Crippen LogP contribution in [0.15, 0.2) is 16.8 Å². The second-order valence-corrected chi connectivity index (χ2v) is 8.36. The van der Waals surface area contributed by atoms with Gasteiger partial charge in [-0.25, -0.2) is 12.7 Å². The summed E-state index contributed by atoms with van der Waals surface area (Å²) in [5, 5.41) is 3.89. The number of sulfonamides is 1. The minimum Gasteiger partial charge on any atom is -0.363 e. The van der Waals surface area contributed by atoms with Gasteiger partial charge in [-0.3, -0.25) is 4.79 Å². The SMILES string of the molecule is CS(=O)(=O)N1CCC2(CC1)CN(c1ccsc1)C(=O)CO2. The first-order valence-corrected chi connectivity index (χ1v) is 9.60. The Morgan fingerprint density at radius 2 is 2.05 bits per heavy atom. The first-order valence-electron chi connectivity index (χ1n) is 6.81. The summed E-state index contributed by atoms with van der Waals surface area (Å²) < 4.78 is 30.4. The fourth-order valence-electron chi connectivity index (χ4n) is 2.89. The molecule has 0 aliphatic carbocycles. The average molecular weight is 330 g/mol. The molecule has 8 heteroatoms. The van der Waals surface area contributed by atoms with Crippen LogP contribution < -0.4 is 4.90 Å². The molecule has 0 bridgehead atoms. The number of thiophene rings is 1. The van der Waals surface area contributed by atoms with E-state index in [-0.39, 0.29) is 12.5 Å². The van der Waals surface area contributed by atoms with Gasteiger partial charge in [-0.1, -0.05) is 0 Å². The lowest BCUT2D eigenvalue weighted by atomic mass is 9.90. The molecule has 2 fully saturated rings. The van der Waals surface area contributed by atoms with E-state index >= 15 is 0 Å². The van der Waals surface area contributed by atoms with Crippen LogP contribution in [0, 0.1) is 0 Å². The minimum absolute atomic E-state index is 0.0374. The summed E-state index contributed by atoms with van der Waals surface area (Å²) in [5.74, 6) is -0.0374. The van der Waals surface area contributed by atoms with Gasteiger partial charge in [-0.15, -0.1) is 0 Å². The Kier molecular flexibility index (Phi) is 3.81. The fraction of sp³-hybridized carbons (Fsp3) is 0.615. The summed E-state index contributed by atoms with van der Waals surface area (Å²) in [4.78, 5) is 13.8. The number of piperidine rings is 1. The highest BCUT2D eigenvalue weighted by atomic mass is 32.2. The molecule has 0 saturated carbocycles. The monoisotopic (exact) mass is 330 g/mol. The van der Waals surface area contributed by atoms with E-state index in [9.17, 15) is 13.2 Å². The summed E-state index contributed by atoms with van der Waals surface area (Å²) in [6.07, 6.45) is 2.47. The maximum absolute atomic E-state index is 12.0. The molecular formula is C13H18N2O4S2. The standard InChI is InChI=1S/C13H18N2O4S2/c1-21(17,18)14-5-3-13(4-6-14)10-15(12(16)8-19-13)11-2-7-20-9-11/h2,7,9H,3-6,8,10H2,1H3. The molecule has 1 aromatic heterocycles. The van der Waals surface area contributed by atoms with Crippen molar-refractivity contribution in [1.29, 1.82) is 0 Å². The van der Waals surface area contributed by atoms with Gasteiger partial charge in [0.05, 0.1) is 24.1 Å². The summed E-state index contributed by atoms with van der Waals surface area (Å²) in [5.41, 5.74) is 0.482. The van der Waals surface area contributed by atoms with E-state index in [1.165, 1.54) is 10.6 Å². The molecule has 0 radical (unpaired) electrons. The van der Waals surface area contributed by atoms with Crippen molar-refractivity contribution in [3.63, 3.8) is 0 Å². The third kappa shape index (κ3) is 2.98. The van der Waals surface area contributed by atoms with Crippen molar-refractivity contribution in [2.45, 2.75) is 18.4 Å². The van der Waals surface area contributed by atoms with Gasteiger partial charge in [0.25, 0.3) is 5.91 Å². The van der Waals surface area contributed by atoms with E-state index in [0.29, 0.717) is 32.5 Å². The molecule has 0 aromatic carbocycles. The van der Waals surface area contributed by atoms with Gasteiger partial charge < -0.3 is 9.64 Å². The first kappa shape index (κ1) is 15.0. The van der Waals surface area contributed by atoms with Crippen LogP contribution in [0.4, 0.5) is 5.69 Å². The molecular weight excluding hydrogens is 312 g/mol. The van der Waals surface area contributed by atoms with Crippen molar-refractivity contribution in [2.24, 2.45) is 0 Å². The van der Waals surface area contributed by atoms with Crippen molar-refractivity contribution in [3.05, 3.63) is 16.8 Å². The summed E-state index contributed by atoms with van der Waals surface area (Å²) in [7, 11) is -3.15. The number of anilines is 1. The van der Waals surface area contributed by atoms with Crippen LogP contribution in [0.3, 0.4) is 0 Å². The second kappa shape index (κ2) is 5.35. The molecule has 1 spiro atoms. The predicted molar refractivity (Wildman–Crippen MR) is 81.0 cm³/mol. The van der Waals surface area contributed by atoms with Gasteiger partial charge in [-0.2, -0.15) is 11.3 Å². The molecule has 2 saturated heterocycles. The van der Waals surface area contributed by atoms with E-state index in [2.05, 4.69) is 0 Å². The molecule has 1 amide bonds. The van der Waals surface area contributed by atoms with Gasteiger partial charge in [0, 0.05) is 18.5 Å². The summed E-state index contributed by atoms with van der Waals surface area (Å²) >= 11 is 1.55. The Bertz CT molecular complexity index is 619. The number of morpholine rings is 1. The average Bonchev–Trinajstić information content (AvgIpc) is 2.95. The number of hydrogen-bond acceptors (Lipinski definition) is 5. The van der Waals surface area contributed by atoms with Crippen molar-refractivity contribution < 1.29 is 17.9 Å². The molecule has 21 heavy (non-hydrogen) atoms. The molecule has 2 aliphatic heterocycles. The lowest BCUT2D eigenvalue weighted by Crippen LogP contribution is -2.59. The highest BCUT2D eigenvalue weighted by Gasteiger charge is 2.44. The van der Waals surface area contributed by atoms with E-state index in [1.54, 1.807) is 16.2 Å². The van der Waals surface area contributed by atoms with Crippen molar-refractivity contribution in [1.82, 2.24) is 4.31 Å². The fourth-order valence-corrected chi connectivity index (χ4v) is 4.38. The third-order valence-corrected chi connectivity index (χ3v) is 6.14. The zero-order valence-electron chi connectivity index (χ0n) is 11.8. The minimum atomic E-state index is -3.15. The van der Waals surface area contributed by atoms with Crippen molar-refractivity contribution in [3.8, 4) is 0 Å². The lowest BCUT2D eigenvalue weighted by molar-refractivity contribution is -0.143. The van der Waals surface area contributed by atoms with Gasteiger partial charge in [0.1, 0.15) is 6.61 Å². The van der Waals surface area contributed by atoms with Crippen molar-refractivity contribution >= 4 is 33.0 Å². The summed E-state index contributed by atoms with van der Waals surface area (Å²) in [6.45, 7) is 1.46. The van der Waals surface area contributed by atoms with Crippen molar-refractivity contribution in [2.75, 3.05) is 37.4 Å². The van der Waals surface area contributed by atoms with Gasteiger partial charge in [0.15, 0.2) is 0 Å². The largest absolute Gasteiger partial charge is 0.363 e.